The van der Waals surface area contributed by atoms with Crippen molar-refractivity contribution >= 4 is 39.6 Å². The largest absolute Gasteiger partial charge is 0.478 e. The fourth-order valence-corrected chi connectivity index (χ4v) is 2.70. The Balaban J connectivity index is 1.90. The number of aromatic nitrogens is 1. The third-order valence-corrected chi connectivity index (χ3v) is 3.86. The van der Waals surface area contributed by atoms with E-state index in [-0.39, 0.29) is 5.92 Å². The van der Waals surface area contributed by atoms with Gasteiger partial charge in [0.05, 0.1) is 11.2 Å². The minimum absolute atomic E-state index is 0.322. The van der Waals surface area contributed by atoms with Crippen molar-refractivity contribution in [2.45, 2.75) is 20.0 Å². The number of fused-ring (bicyclic) bond motifs is 3. The van der Waals surface area contributed by atoms with Crippen molar-refractivity contribution in [2.75, 3.05) is 5.32 Å². The van der Waals surface area contributed by atoms with Gasteiger partial charge < -0.3 is 14.8 Å². The van der Waals surface area contributed by atoms with Gasteiger partial charge >= 0.3 is 12.1 Å². The zero-order valence-corrected chi connectivity index (χ0v) is 13.4. The Bertz CT molecular complexity index is 914. The van der Waals surface area contributed by atoms with Gasteiger partial charge in [-0.05, 0) is 12.1 Å². The molecule has 0 radical (unpaired) electrons. The lowest BCUT2D eigenvalue weighted by Gasteiger charge is -2.17. The fraction of sp³-hybridized carbons (Fsp3) is 0.222. The quantitative estimate of drug-likeness (QED) is 0.676. The van der Waals surface area contributed by atoms with Crippen LogP contribution in [0.2, 0.25) is 0 Å². The normalized spacial score (nSPS) is 12.5. The third kappa shape index (κ3) is 2.90. The van der Waals surface area contributed by atoms with Gasteiger partial charge in [0.25, 0.3) is 0 Å². The molecule has 1 amide bonds. The first-order chi connectivity index (χ1) is 11.5. The minimum Gasteiger partial charge on any atom is -0.478 e. The number of rotatable bonds is 4. The number of hydrogen-bond acceptors (Lipinski definition) is 3. The van der Waals surface area contributed by atoms with Crippen LogP contribution in [-0.4, -0.2) is 28.3 Å². The van der Waals surface area contributed by atoms with Gasteiger partial charge in [0.2, 0.25) is 6.10 Å². The standard InChI is InChI=1S/C18H18N2O4/c1-10(2)16(17(21)22)24-18(23)20-14-9-5-7-12-11-6-3-4-8-13(11)19-15(12)14/h3-10,16,19H,1-2H3,(H,20,23)(H,21,22). The number of hydrogen-bond donors (Lipinski definition) is 3. The smallest absolute Gasteiger partial charge is 0.412 e. The van der Waals surface area contributed by atoms with Gasteiger partial charge in [-0.15, -0.1) is 0 Å². The van der Waals surface area contributed by atoms with Crippen LogP contribution in [-0.2, 0) is 9.53 Å². The van der Waals surface area contributed by atoms with Crippen LogP contribution in [0.5, 0.6) is 0 Å². The molecule has 0 saturated heterocycles. The summed E-state index contributed by atoms with van der Waals surface area (Å²) in [5.74, 6) is -1.49. The molecule has 0 bridgehead atoms. The highest BCUT2D eigenvalue weighted by molar-refractivity contribution is 6.12. The first-order valence-electron chi connectivity index (χ1n) is 7.67. The van der Waals surface area contributed by atoms with E-state index in [2.05, 4.69) is 10.3 Å². The number of amides is 1. The van der Waals surface area contributed by atoms with Crippen LogP contribution in [0.4, 0.5) is 10.5 Å². The minimum atomic E-state index is -1.19. The lowest BCUT2D eigenvalue weighted by Crippen LogP contribution is -2.33. The van der Waals surface area contributed by atoms with Crippen LogP contribution in [0.1, 0.15) is 13.8 Å². The van der Waals surface area contributed by atoms with Crippen molar-refractivity contribution in [3.8, 4) is 0 Å². The Kier molecular flexibility index (Phi) is 4.12. The number of aromatic amines is 1. The molecule has 3 rings (SSSR count). The molecule has 3 N–H and O–H groups in total. The van der Waals surface area contributed by atoms with Crippen molar-refractivity contribution in [2.24, 2.45) is 5.92 Å². The molecular formula is C18H18N2O4. The van der Waals surface area contributed by atoms with E-state index < -0.39 is 18.2 Å². The van der Waals surface area contributed by atoms with Gasteiger partial charge in [-0.3, -0.25) is 5.32 Å². The maximum absolute atomic E-state index is 12.1. The van der Waals surface area contributed by atoms with Crippen LogP contribution in [0.15, 0.2) is 42.5 Å². The van der Waals surface area contributed by atoms with Gasteiger partial charge in [0.15, 0.2) is 0 Å². The summed E-state index contributed by atoms with van der Waals surface area (Å²) >= 11 is 0. The number of carboxylic acids is 1. The Morgan fingerprint density at radius 3 is 2.50 bits per heavy atom. The third-order valence-electron chi connectivity index (χ3n) is 3.86. The van der Waals surface area contributed by atoms with Crippen molar-refractivity contribution < 1.29 is 19.4 Å². The van der Waals surface area contributed by atoms with Gasteiger partial charge in [-0.2, -0.15) is 0 Å². The zero-order chi connectivity index (χ0) is 17.3. The number of carbonyl (C=O) groups excluding carboxylic acids is 1. The highest BCUT2D eigenvalue weighted by atomic mass is 16.6. The van der Waals surface area contributed by atoms with Crippen molar-refractivity contribution in [3.63, 3.8) is 0 Å². The lowest BCUT2D eigenvalue weighted by atomic mass is 10.1. The van der Waals surface area contributed by atoms with E-state index in [4.69, 9.17) is 9.84 Å². The highest BCUT2D eigenvalue weighted by Gasteiger charge is 2.26. The van der Waals surface area contributed by atoms with Crippen LogP contribution in [0.25, 0.3) is 21.8 Å². The van der Waals surface area contributed by atoms with Crippen LogP contribution in [0.3, 0.4) is 0 Å². The molecule has 2 aromatic carbocycles. The molecule has 0 aliphatic heterocycles. The molecule has 0 aliphatic rings. The fourth-order valence-electron chi connectivity index (χ4n) is 2.70. The molecule has 1 heterocycles. The number of carbonyl (C=O) groups is 2. The highest BCUT2D eigenvalue weighted by Crippen LogP contribution is 2.30. The summed E-state index contributed by atoms with van der Waals surface area (Å²) in [6, 6.07) is 13.4. The number of benzene rings is 2. The molecule has 6 nitrogen and oxygen atoms in total. The Morgan fingerprint density at radius 1 is 1.08 bits per heavy atom. The van der Waals surface area contributed by atoms with E-state index in [0.717, 1.165) is 21.8 Å². The van der Waals surface area contributed by atoms with Crippen LogP contribution in [0, 0.1) is 5.92 Å². The van der Waals surface area contributed by atoms with Crippen molar-refractivity contribution in [1.29, 1.82) is 0 Å². The molecule has 3 aromatic rings. The van der Waals surface area contributed by atoms with E-state index in [1.807, 2.05) is 36.4 Å². The topological polar surface area (TPSA) is 91.4 Å². The van der Waals surface area contributed by atoms with Gasteiger partial charge in [-0.1, -0.05) is 44.2 Å². The number of ether oxygens (including phenoxy) is 1. The maximum Gasteiger partial charge on any atom is 0.412 e. The number of aliphatic carboxylic acids is 1. The summed E-state index contributed by atoms with van der Waals surface area (Å²) in [6.45, 7) is 3.37. The van der Waals surface area contributed by atoms with E-state index >= 15 is 0 Å². The molecule has 0 saturated carbocycles. The van der Waals surface area contributed by atoms with E-state index in [9.17, 15) is 9.59 Å². The Hall–Kier alpha value is -3.02. The predicted octanol–water partition coefficient (Wildman–Crippen LogP) is 3.98. The summed E-state index contributed by atoms with van der Waals surface area (Å²) in [4.78, 5) is 26.5. The van der Waals surface area contributed by atoms with Crippen LogP contribution < -0.4 is 5.32 Å². The Labute approximate surface area is 138 Å². The van der Waals surface area contributed by atoms with E-state index in [0.29, 0.717) is 5.69 Å². The molecule has 124 valence electrons. The molecule has 1 aromatic heterocycles. The summed E-state index contributed by atoms with van der Waals surface area (Å²) in [5.41, 5.74) is 2.27. The average Bonchev–Trinajstić information content (AvgIpc) is 2.92. The Morgan fingerprint density at radius 2 is 1.79 bits per heavy atom. The number of H-pyrrole nitrogens is 1. The number of carboxylic acid groups (broad SMARTS) is 1. The van der Waals surface area contributed by atoms with Crippen molar-refractivity contribution in [1.82, 2.24) is 4.98 Å². The number of anilines is 1. The SMILES string of the molecule is CC(C)C(OC(=O)Nc1cccc2c1[nH]c1ccccc12)C(=O)O. The second-order valence-corrected chi connectivity index (χ2v) is 5.93. The molecule has 6 heteroatoms. The zero-order valence-electron chi connectivity index (χ0n) is 13.4. The summed E-state index contributed by atoms with van der Waals surface area (Å²) < 4.78 is 5.04. The second kappa shape index (κ2) is 6.23. The molecular weight excluding hydrogens is 308 g/mol. The molecule has 1 atom stereocenters. The summed E-state index contributed by atoms with van der Waals surface area (Å²) in [6.07, 6.45) is -1.98. The van der Waals surface area contributed by atoms with E-state index in [1.54, 1.807) is 19.9 Å². The van der Waals surface area contributed by atoms with Gasteiger partial charge in [0, 0.05) is 22.2 Å². The lowest BCUT2D eigenvalue weighted by molar-refractivity contribution is -0.148. The molecule has 0 fully saturated rings. The molecule has 0 aliphatic carbocycles. The first-order valence-corrected chi connectivity index (χ1v) is 7.67. The van der Waals surface area contributed by atoms with E-state index in [1.165, 1.54) is 0 Å². The summed E-state index contributed by atoms with van der Waals surface area (Å²) in [5, 5.41) is 13.8. The molecule has 0 spiro atoms. The average molecular weight is 326 g/mol. The van der Waals surface area contributed by atoms with Gasteiger partial charge in [0.1, 0.15) is 0 Å². The molecule has 1 unspecified atom stereocenters. The second-order valence-electron chi connectivity index (χ2n) is 5.93. The monoisotopic (exact) mass is 326 g/mol. The number of nitrogens with one attached hydrogen (secondary N) is 2. The summed E-state index contributed by atoms with van der Waals surface area (Å²) in [7, 11) is 0. The maximum atomic E-state index is 12.1. The van der Waals surface area contributed by atoms with Crippen LogP contribution >= 0.6 is 0 Å². The van der Waals surface area contributed by atoms with Crippen molar-refractivity contribution in [3.05, 3.63) is 42.5 Å². The van der Waals surface area contributed by atoms with Gasteiger partial charge in [-0.25, -0.2) is 9.59 Å². The first kappa shape index (κ1) is 15.9. The number of para-hydroxylation sites is 2. The molecule has 24 heavy (non-hydrogen) atoms. The predicted molar refractivity (Wildman–Crippen MR) is 92.2 cm³/mol.